The maximum absolute atomic E-state index is 11.2. The summed E-state index contributed by atoms with van der Waals surface area (Å²) in [5.74, 6) is -0.00416. The smallest absolute Gasteiger partial charge is 0.288 e. The molecule has 0 bridgehead atoms. The molecule has 0 fully saturated rings. The molecule has 0 unspecified atom stereocenters. The van der Waals surface area contributed by atoms with Crippen molar-refractivity contribution in [1.82, 2.24) is 0 Å². The van der Waals surface area contributed by atoms with Gasteiger partial charge in [-0.15, -0.1) is 0 Å². The fraction of sp³-hybridized carbons (Fsp3) is 0.167. The molecule has 0 saturated heterocycles. The first-order chi connectivity index (χ1) is 14.2. The highest BCUT2D eigenvalue weighted by molar-refractivity contribution is 7.81. The molecule has 0 saturated carbocycles. The van der Waals surface area contributed by atoms with Crippen molar-refractivity contribution < 1.29 is 9.67 Å². The Kier molecular flexibility index (Phi) is 6.81. The second-order valence-corrected chi connectivity index (χ2v) is 9.11. The van der Waals surface area contributed by atoms with E-state index in [4.69, 9.17) is 35.4 Å². The summed E-state index contributed by atoms with van der Waals surface area (Å²) in [7, 11) is 0. The Morgan fingerprint density at radius 1 is 0.933 bits per heavy atom. The molecule has 6 heteroatoms. The number of rotatable bonds is 4. The second-order valence-electron chi connectivity index (χ2n) is 7.89. The van der Waals surface area contributed by atoms with E-state index in [1.165, 1.54) is 5.56 Å². The molecule has 30 heavy (non-hydrogen) atoms. The van der Waals surface area contributed by atoms with Crippen LogP contribution in [0.5, 0.6) is 0 Å². The predicted molar refractivity (Wildman–Crippen MR) is 130 cm³/mol. The first kappa shape index (κ1) is 22.3. The van der Waals surface area contributed by atoms with Crippen molar-refractivity contribution in [1.29, 1.82) is 0 Å². The van der Waals surface area contributed by atoms with Crippen LogP contribution in [0.2, 0.25) is 10.0 Å². The predicted octanol–water partition coefficient (Wildman–Crippen LogP) is 6.90. The van der Waals surface area contributed by atoms with Gasteiger partial charge in [0.2, 0.25) is 0 Å². The molecule has 0 amide bonds. The van der Waals surface area contributed by atoms with Gasteiger partial charge in [0.1, 0.15) is 0 Å². The number of hydrogen-bond acceptors (Lipinski definition) is 2. The minimum absolute atomic E-state index is 0.00416. The molecule has 0 aliphatic carbocycles. The highest BCUT2D eigenvalue weighted by Crippen LogP contribution is 2.27. The van der Waals surface area contributed by atoms with Crippen molar-refractivity contribution in [2.24, 2.45) is 0 Å². The molecule has 2 aromatic carbocycles. The molecule has 0 aliphatic rings. The number of aromatic nitrogens is 1. The van der Waals surface area contributed by atoms with Crippen LogP contribution in [0.25, 0.3) is 11.5 Å². The van der Waals surface area contributed by atoms with Crippen LogP contribution in [0.4, 0.5) is 5.69 Å². The molecule has 2 N–H and O–H groups in total. The van der Waals surface area contributed by atoms with Crippen LogP contribution < -0.4 is 9.88 Å². The lowest BCUT2D eigenvalue weighted by molar-refractivity contribution is -0.575. The SMILES string of the molecule is CC(C)(C)c1cc[n+](C(C(=S)Nc2ccccc2)=C(O)c2ccc(Cl)c(Cl)c2)cc1. The lowest BCUT2D eigenvalue weighted by Crippen LogP contribution is -2.39. The van der Waals surface area contributed by atoms with Crippen LogP contribution in [0.15, 0.2) is 73.1 Å². The van der Waals surface area contributed by atoms with Gasteiger partial charge in [-0.3, -0.25) is 0 Å². The number of nitrogens with zero attached hydrogens (tertiary/aromatic N) is 1. The van der Waals surface area contributed by atoms with Crippen LogP contribution in [-0.2, 0) is 5.41 Å². The number of aliphatic hydroxyl groups is 1. The molecule has 0 atom stereocenters. The fourth-order valence-electron chi connectivity index (χ4n) is 2.91. The van der Waals surface area contributed by atoms with Crippen LogP contribution in [0, 0.1) is 0 Å². The first-order valence-electron chi connectivity index (χ1n) is 9.44. The molecular weight excluding hydrogens is 435 g/mol. The third kappa shape index (κ3) is 5.20. The lowest BCUT2D eigenvalue weighted by Gasteiger charge is -2.18. The van der Waals surface area contributed by atoms with E-state index in [1.54, 1.807) is 22.8 Å². The lowest BCUT2D eigenvalue weighted by atomic mass is 9.88. The number of hydrogen-bond donors (Lipinski definition) is 2. The molecule has 3 nitrogen and oxygen atoms in total. The number of para-hydroxylation sites is 1. The third-order valence-corrected chi connectivity index (χ3v) is 5.65. The number of pyridine rings is 1. The van der Waals surface area contributed by atoms with Gasteiger partial charge in [0.05, 0.1) is 10.0 Å². The van der Waals surface area contributed by atoms with Crippen molar-refractivity contribution in [3.8, 4) is 0 Å². The normalized spacial score (nSPS) is 12.3. The van der Waals surface area contributed by atoms with Crippen molar-refractivity contribution >= 4 is 57.6 Å². The number of nitrogens with one attached hydrogen (secondary N) is 1. The van der Waals surface area contributed by atoms with Crippen molar-refractivity contribution in [3.63, 3.8) is 0 Å². The molecule has 1 aromatic heterocycles. The van der Waals surface area contributed by atoms with Crippen molar-refractivity contribution in [3.05, 3.63) is 94.2 Å². The maximum atomic E-state index is 11.2. The Hall–Kier alpha value is -2.40. The standard InChI is InChI=1S/C24H22Cl2N2OS/c1-24(2,3)17-11-13-28(14-12-17)21(23(30)27-18-7-5-4-6-8-18)22(29)16-9-10-19(25)20(26)15-16/h4-15H,1-3H3,(H-,27,29,30)/p+1. The Labute approximate surface area is 192 Å². The summed E-state index contributed by atoms with van der Waals surface area (Å²) in [5, 5.41) is 15.1. The summed E-state index contributed by atoms with van der Waals surface area (Å²) in [6.07, 6.45) is 3.78. The number of aliphatic hydroxyl groups excluding tert-OH is 1. The molecule has 154 valence electrons. The van der Waals surface area contributed by atoms with Gasteiger partial charge in [-0.05, 0) is 41.3 Å². The van der Waals surface area contributed by atoms with Gasteiger partial charge in [0.15, 0.2) is 23.1 Å². The minimum atomic E-state index is -0.00416. The Balaban J connectivity index is 2.10. The van der Waals surface area contributed by atoms with E-state index in [0.717, 1.165) is 5.69 Å². The molecule has 3 rings (SSSR count). The van der Waals surface area contributed by atoms with Crippen LogP contribution in [-0.4, -0.2) is 10.1 Å². The summed E-state index contributed by atoms with van der Waals surface area (Å²) < 4.78 is 1.80. The van der Waals surface area contributed by atoms with Gasteiger partial charge >= 0.3 is 0 Å². The molecule has 1 heterocycles. The highest BCUT2D eigenvalue weighted by atomic mass is 35.5. The van der Waals surface area contributed by atoms with Gasteiger partial charge in [-0.25, -0.2) is 0 Å². The zero-order valence-electron chi connectivity index (χ0n) is 17.0. The van der Waals surface area contributed by atoms with E-state index < -0.39 is 0 Å². The summed E-state index contributed by atoms with van der Waals surface area (Å²) in [4.78, 5) is 0.373. The van der Waals surface area contributed by atoms with E-state index in [1.807, 2.05) is 54.9 Å². The highest BCUT2D eigenvalue weighted by Gasteiger charge is 2.25. The van der Waals surface area contributed by atoms with Crippen LogP contribution >= 0.6 is 35.4 Å². The minimum Gasteiger partial charge on any atom is -0.502 e. The third-order valence-electron chi connectivity index (χ3n) is 4.62. The Bertz CT molecular complexity index is 1090. The molecule has 0 spiro atoms. The molecule has 3 aromatic rings. The average Bonchev–Trinajstić information content (AvgIpc) is 2.70. The van der Waals surface area contributed by atoms with Crippen LogP contribution in [0.3, 0.4) is 0 Å². The zero-order valence-corrected chi connectivity index (χ0v) is 19.3. The monoisotopic (exact) mass is 457 g/mol. The molecular formula is C24H23Cl2N2OS+. The number of anilines is 1. The number of thiocarbonyl (C=S) groups is 1. The number of halogens is 2. The molecule has 0 aliphatic heterocycles. The zero-order chi connectivity index (χ0) is 21.9. The molecule has 0 radical (unpaired) electrons. The van der Waals surface area contributed by atoms with E-state index in [-0.39, 0.29) is 11.2 Å². The quantitative estimate of drug-likeness (QED) is 0.193. The average molecular weight is 458 g/mol. The van der Waals surface area contributed by atoms with Gasteiger partial charge in [-0.2, -0.15) is 4.57 Å². The summed E-state index contributed by atoms with van der Waals surface area (Å²) in [6.45, 7) is 6.45. The van der Waals surface area contributed by atoms with Crippen LogP contribution in [0.1, 0.15) is 31.9 Å². The van der Waals surface area contributed by atoms with Gasteiger partial charge < -0.3 is 10.4 Å². The second kappa shape index (κ2) is 9.17. The Morgan fingerprint density at radius 3 is 2.13 bits per heavy atom. The van der Waals surface area contributed by atoms with E-state index in [9.17, 15) is 5.11 Å². The first-order valence-corrected chi connectivity index (χ1v) is 10.6. The topological polar surface area (TPSA) is 36.1 Å². The fourth-order valence-corrected chi connectivity index (χ4v) is 3.53. The Morgan fingerprint density at radius 2 is 1.57 bits per heavy atom. The van der Waals surface area contributed by atoms with Gasteiger partial charge in [0, 0.05) is 23.4 Å². The summed E-state index contributed by atoms with van der Waals surface area (Å²) in [6, 6.07) is 18.6. The summed E-state index contributed by atoms with van der Waals surface area (Å²) in [5.41, 5.74) is 2.97. The van der Waals surface area contributed by atoms with E-state index in [0.29, 0.717) is 26.3 Å². The maximum Gasteiger partial charge on any atom is 0.288 e. The van der Waals surface area contributed by atoms with E-state index in [2.05, 4.69) is 26.1 Å². The van der Waals surface area contributed by atoms with Gasteiger partial charge in [-0.1, -0.05) is 74.4 Å². The van der Waals surface area contributed by atoms with Gasteiger partial charge in [0.25, 0.3) is 5.70 Å². The largest absolute Gasteiger partial charge is 0.502 e. The van der Waals surface area contributed by atoms with Crippen molar-refractivity contribution in [2.45, 2.75) is 26.2 Å². The van der Waals surface area contributed by atoms with E-state index >= 15 is 0 Å². The number of benzene rings is 2. The summed E-state index contributed by atoms with van der Waals surface area (Å²) >= 11 is 17.9. The van der Waals surface area contributed by atoms with Crippen molar-refractivity contribution in [2.75, 3.05) is 5.32 Å².